The molecule has 7 heteroatoms. The third-order valence-corrected chi connectivity index (χ3v) is 5.62. The maximum atomic E-state index is 12.7. The highest BCUT2D eigenvalue weighted by Gasteiger charge is 2.35. The van der Waals surface area contributed by atoms with Gasteiger partial charge < -0.3 is 9.84 Å². The largest absolute Gasteiger partial charge is 0.503 e. The number of hydrogen-bond donors (Lipinski definition) is 1. The first-order valence-corrected chi connectivity index (χ1v) is 9.96. The second-order valence-corrected chi connectivity index (χ2v) is 7.82. The first-order valence-electron chi connectivity index (χ1n) is 8.36. The van der Waals surface area contributed by atoms with Crippen LogP contribution in [0, 0.1) is 6.92 Å². The minimum atomic E-state index is -0.324. The van der Waals surface area contributed by atoms with Gasteiger partial charge in [0.2, 0.25) is 0 Å². The summed E-state index contributed by atoms with van der Waals surface area (Å²) in [6, 6.07) is 11.0. The number of ether oxygens (including phenoxy) is 1. The molecule has 3 rings (SSSR count). The Balaban J connectivity index is 1.87. The summed E-state index contributed by atoms with van der Waals surface area (Å²) in [5.74, 6) is -0.00525. The third-order valence-electron chi connectivity index (χ3n) is 4.11. The van der Waals surface area contributed by atoms with Crippen LogP contribution >= 0.6 is 27.7 Å². The summed E-state index contributed by atoms with van der Waals surface area (Å²) in [6.07, 6.45) is 1.63. The van der Waals surface area contributed by atoms with Crippen LogP contribution in [-0.4, -0.2) is 27.8 Å². The predicted octanol–water partition coefficient (Wildman–Crippen LogP) is 5.10. The molecule has 1 N–H and O–H groups in total. The van der Waals surface area contributed by atoms with E-state index in [-0.39, 0.29) is 23.4 Å². The number of phenolic OH excluding ortho intramolecular Hbond substituents is 1. The second kappa shape index (κ2) is 8.19. The maximum absolute atomic E-state index is 12.7. The Hall–Kier alpha value is -2.25. The van der Waals surface area contributed by atoms with Crippen LogP contribution in [0.3, 0.4) is 0 Å². The smallest absolute Gasteiger partial charge is 0.293 e. The molecule has 0 aromatic heterocycles. The number of carbonyl (C=O) groups is 2. The van der Waals surface area contributed by atoms with Gasteiger partial charge in [-0.2, -0.15) is 0 Å². The van der Waals surface area contributed by atoms with Crippen LogP contribution in [0.5, 0.6) is 11.5 Å². The number of carbonyl (C=O) groups excluding carboxylic acids is 2. The van der Waals surface area contributed by atoms with E-state index in [1.165, 1.54) is 4.90 Å². The fraction of sp³-hybridized carbons (Fsp3) is 0.200. The molecule has 0 radical (unpaired) electrons. The molecule has 1 saturated heterocycles. The van der Waals surface area contributed by atoms with E-state index in [1.807, 2.05) is 38.1 Å². The Morgan fingerprint density at radius 1 is 1.26 bits per heavy atom. The van der Waals surface area contributed by atoms with Crippen LogP contribution in [0.15, 0.2) is 45.8 Å². The SMILES string of the molecule is CCOc1cc(/C=C2\SC(=O)N(Cc3ccccc3C)C2=O)cc(Br)c1O. The molecule has 140 valence electrons. The summed E-state index contributed by atoms with van der Waals surface area (Å²) in [6.45, 7) is 4.42. The zero-order valence-electron chi connectivity index (χ0n) is 14.9. The zero-order valence-corrected chi connectivity index (χ0v) is 17.3. The molecule has 0 spiro atoms. The summed E-state index contributed by atoms with van der Waals surface area (Å²) in [4.78, 5) is 26.7. The van der Waals surface area contributed by atoms with Gasteiger partial charge in [-0.25, -0.2) is 0 Å². The van der Waals surface area contributed by atoms with Gasteiger partial charge in [-0.15, -0.1) is 0 Å². The maximum Gasteiger partial charge on any atom is 0.293 e. The van der Waals surface area contributed by atoms with Crippen molar-refractivity contribution in [3.8, 4) is 11.5 Å². The van der Waals surface area contributed by atoms with Crippen LogP contribution in [-0.2, 0) is 11.3 Å². The van der Waals surface area contributed by atoms with E-state index in [1.54, 1.807) is 18.2 Å². The molecule has 0 atom stereocenters. The molecule has 2 amide bonds. The molecule has 1 heterocycles. The number of imide groups is 1. The molecule has 1 aliphatic heterocycles. The summed E-state index contributed by atoms with van der Waals surface area (Å²) in [7, 11) is 0. The van der Waals surface area contributed by atoms with Gasteiger partial charge >= 0.3 is 0 Å². The Kier molecular flexibility index (Phi) is 5.92. The predicted molar refractivity (Wildman–Crippen MR) is 110 cm³/mol. The molecule has 27 heavy (non-hydrogen) atoms. The molecule has 2 aromatic rings. The average molecular weight is 448 g/mol. The van der Waals surface area contributed by atoms with Crippen LogP contribution in [0.2, 0.25) is 0 Å². The van der Waals surface area contributed by atoms with Crippen LogP contribution < -0.4 is 4.74 Å². The number of nitrogens with zero attached hydrogens (tertiary/aromatic N) is 1. The van der Waals surface area contributed by atoms with Crippen molar-refractivity contribution in [2.45, 2.75) is 20.4 Å². The van der Waals surface area contributed by atoms with E-state index >= 15 is 0 Å². The standard InChI is InChI=1S/C20H18BrNO4S/c1-3-26-16-9-13(8-15(21)18(16)23)10-17-19(24)22(20(25)27-17)11-14-7-5-4-6-12(14)2/h4-10,23H,3,11H2,1-2H3/b17-10-. The number of phenols is 1. The van der Waals surface area contributed by atoms with E-state index in [4.69, 9.17) is 4.74 Å². The molecule has 0 bridgehead atoms. The number of thioether (sulfide) groups is 1. The van der Waals surface area contributed by atoms with Gasteiger partial charge in [0, 0.05) is 0 Å². The fourth-order valence-electron chi connectivity index (χ4n) is 2.69. The summed E-state index contributed by atoms with van der Waals surface area (Å²) in [5, 5.41) is 9.72. The van der Waals surface area contributed by atoms with Gasteiger partial charge in [-0.3, -0.25) is 14.5 Å². The van der Waals surface area contributed by atoms with Crippen molar-refractivity contribution in [3.05, 3.63) is 62.5 Å². The number of halogens is 1. The van der Waals surface area contributed by atoms with Gasteiger partial charge in [0.25, 0.3) is 11.1 Å². The molecule has 0 aliphatic carbocycles. The molecule has 1 fully saturated rings. The molecule has 1 aliphatic rings. The number of rotatable bonds is 5. The highest BCUT2D eigenvalue weighted by atomic mass is 79.9. The van der Waals surface area contributed by atoms with Crippen molar-refractivity contribution < 1.29 is 19.4 Å². The first-order chi connectivity index (χ1) is 12.9. The highest BCUT2D eigenvalue weighted by Crippen LogP contribution is 2.38. The van der Waals surface area contributed by atoms with Crippen LogP contribution in [0.25, 0.3) is 6.08 Å². The number of aryl methyl sites for hydroxylation is 1. The Morgan fingerprint density at radius 2 is 2.00 bits per heavy atom. The molecular formula is C20H18BrNO4S. The Bertz CT molecular complexity index is 942. The third kappa shape index (κ3) is 4.20. The normalized spacial score (nSPS) is 15.7. The van der Waals surface area contributed by atoms with Crippen molar-refractivity contribution in [2.75, 3.05) is 6.61 Å². The topological polar surface area (TPSA) is 66.8 Å². The van der Waals surface area contributed by atoms with Crippen molar-refractivity contribution in [1.29, 1.82) is 0 Å². The van der Waals surface area contributed by atoms with Gasteiger partial charge in [-0.05, 0) is 76.4 Å². The Morgan fingerprint density at radius 3 is 2.70 bits per heavy atom. The highest BCUT2D eigenvalue weighted by molar-refractivity contribution is 9.10. The molecule has 5 nitrogen and oxygen atoms in total. The van der Waals surface area contributed by atoms with E-state index in [9.17, 15) is 14.7 Å². The van der Waals surface area contributed by atoms with E-state index in [0.29, 0.717) is 27.3 Å². The number of benzene rings is 2. The Labute approximate surface area is 170 Å². The van der Waals surface area contributed by atoms with E-state index in [0.717, 1.165) is 22.9 Å². The number of hydrogen-bond acceptors (Lipinski definition) is 5. The number of amides is 2. The van der Waals surface area contributed by atoms with Crippen molar-refractivity contribution in [3.63, 3.8) is 0 Å². The second-order valence-electron chi connectivity index (χ2n) is 5.98. The lowest BCUT2D eigenvalue weighted by Crippen LogP contribution is -2.27. The van der Waals surface area contributed by atoms with Gasteiger partial charge in [0.1, 0.15) is 0 Å². The van der Waals surface area contributed by atoms with Gasteiger partial charge in [0.05, 0.1) is 22.5 Å². The average Bonchev–Trinajstić information content (AvgIpc) is 2.88. The van der Waals surface area contributed by atoms with Crippen molar-refractivity contribution >= 4 is 44.9 Å². The molecule has 0 unspecified atom stereocenters. The van der Waals surface area contributed by atoms with Gasteiger partial charge in [-0.1, -0.05) is 24.3 Å². The lowest BCUT2D eigenvalue weighted by Gasteiger charge is -2.14. The summed E-state index contributed by atoms with van der Waals surface area (Å²) < 4.78 is 5.86. The van der Waals surface area contributed by atoms with E-state index in [2.05, 4.69) is 15.9 Å². The lowest BCUT2D eigenvalue weighted by molar-refractivity contribution is -0.123. The van der Waals surface area contributed by atoms with E-state index < -0.39 is 0 Å². The molecular weight excluding hydrogens is 430 g/mol. The minimum Gasteiger partial charge on any atom is -0.503 e. The molecule has 0 saturated carbocycles. The van der Waals surface area contributed by atoms with Crippen molar-refractivity contribution in [1.82, 2.24) is 4.90 Å². The molecule has 2 aromatic carbocycles. The lowest BCUT2D eigenvalue weighted by atomic mass is 10.1. The zero-order chi connectivity index (χ0) is 19.6. The summed E-state index contributed by atoms with van der Waals surface area (Å²) in [5.41, 5.74) is 2.63. The van der Waals surface area contributed by atoms with Crippen molar-refractivity contribution in [2.24, 2.45) is 0 Å². The van der Waals surface area contributed by atoms with Gasteiger partial charge in [0.15, 0.2) is 11.5 Å². The van der Waals surface area contributed by atoms with Crippen LogP contribution in [0.1, 0.15) is 23.6 Å². The summed E-state index contributed by atoms with van der Waals surface area (Å²) >= 11 is 4.19. The van der Waals surface area contributed by atoms with Crippen LogP contribution in [0.4, 0.5) is 4.79 Å². The fourth-order valence-corrected chi connectivity index (χ4v) is 3.99. The minimum absolute atomic E-state index is 0.00153. The monoisotopic (exact) mass is 447 g/mol. The number of aromatic hydroxyl groups is 1. The first kappa shape index (κ1) is 19.5. The quantitative estimate of drug-likeness (QED) is 0.645.